The van der Waals surface area contributed by atoms with E-state index in [1.54, 1.807) is 7.11 Å². The summed E-state index contributed by atoms with van der Waals surface area (Å²) in [5, 5.41) is 3.48. The van der Waals surface area contributed by atoms with Crippen molar-refractivity contribution in [2.24, 2.45) is 0 Å². The van der Waals surface area contributed by atoms with Crippen LogP contribution in [0, 0.1) is 0 Å². The Morgan fingerprint density at radius 2 is 1.89 bits per heavy atom. The van der Waals surface area contributed by atoms with Crippen LogP contribution in [0.25, 0.3) is 0 Å². The van der Waals surface area contributed by atoms with Gasteiger partial charge < -0.3 is 10.1 Å². The van der Waals surface area contributed by atoms with Crippen molar-refractivity contribution in [1.29, 1.82) is 0 Å². The van der Waals surface area contributed by atoms with Gasteiger partial charge in [-0.1, -0.05) is 30.3 Å². The van der Waals surface area contributed by atoms with Crippen molar-refractivity contribution in [3.05, 3.63) is 59.7 Å². The van der Waals surface area contributed by atoms with Gasteiger partial charge >= 0.3 is 0 Å². The molecule has 0 aromatic heterocycles. The molecule has 1 heterocycles. The molecule has 0 aliphatic carbocycles. The first-order chi connectivity index (χ1) is 9.36. The number of para-hydroxylation sites is 1. The molecule has 0 radical (unpaired) electrons. The number of hydrogen-bond donors (Lipinski definition) is 1. The van der Waals surface area contributed by atoms with Gasteiger partial charge in [0.1, 0.15) is 5.75 Å². The van der Waals surface area contributed by atoms with Gasteiger partial charge in [0.05, 0.1) is 7.11 Å². The molecule has 98 valence electrons. The van der Waals surface area contributed by atoms with Crippen LogP contribution in [0.15, 0.2) is 48.5 Å². The predicted molar refractivity (Wildman–Crippen MR) is 79.0 cm³/mol. The second-order valence-corrected chi connectivity index (χ2v) is 5.05. The number of anilines is 1. The predicted octanol–water partition coefficient (Wildman–Crippen LogP) is 3.84. The van der Waals surface area contributed by atoms with Crippen molar-refractivity contribution >= 4 is 5.69 Å². The minimum atomic E-state index is 0.617. The third kappa shape index (κ3) is 2.58. The zero-order valence-corrected chi connectivity index (χ0v) is 11.2. The first-order valence-corrected chi connectivity index (χ1v) is 6.82. The molecule has 1 unspecified atom stereocenters. The molecule has 1 atom stereocenters. The lowest BCUT2D eigenvalue weighted by molar-refractivity contribution is 0.414. The highest BCUT2D eigenvalue weighted by atomic mass is 16.5. The van der Waals surface area contributed by atoms with Crippen LogP contribution in [0.2, 0.25) is 0 Å². The smallest absolute Gasteiger partial charge is 0.118 e. The van der Waals surface area contributed by atoms with E-state index in [0.717, 1.165) is 18.7 Å². The molecule has 2 heteroatoms. The van der Waals surface area contributed by atoms with Crippen LogP contribution in [0.5, 0.6) is 5.75 Å². The van der Waals surface area contributed by atoms with Gasteiger partial charge in [-0.05, 0) is 48.1 Å². The average Bonchev–Trinajstić information content (AvgIpc) is 2.48. The maximum atomic E-state index is 5.21. The standard InChI is InChI=1S/C17H19NO/c1-19-15-8-6-13(7-9-15)12-14-10-11-18-17-5-3-2-4-16(14)17/h2-9,14,18H,10-12H2,1H3. The molecule has 1 N–H and O–H groups in total. The molecule has 1 aliphatic heterocycles. The molecule has 0 fully saturated rings. The molecule has 0 saturated heterocycles. The van der Waals surface area contributed by atoms with Crippen LogP contribution < -0.4 is 10.1 Å². The van der Waals surface area contributed by atoms with Crippen LogP contribution in [-0.2, 0) is 6.42 Å². The zero-order chi connectivity index (χ0) is 13.1. The van der Waals surface area contributed by atoms with Crippen molar-refractivity contribution in [2.75, 3.05) is 19.0 Å². The van der Waals surface area contributed by atoms with E-state index in [0.29, 0.717) is 5.92 Å². The number of nitrogens with one attached hydrogen (secondary N) is 1. The Morgan fingerprint density at radius 1 is 1.11 bits per heavy atom. The van der Waals surface area contributed by atoms with E-state index >= 15 is 0 Å². The number of rotatable bonds is 3. The molecular weight excluding hydrogens is 234 g/mol. The third-order valence-corrected chi connectivity index (χ3v) is 3.85. The number of methoxy groups -OCH3 is 1. The topological polar surface area (TPSA) is 21.3 Å². The summed E-state index contributed by atoms with van der Waals surface area (Å²) in [7, 11) is 1.71. The van der Waals surface area contributed by atoms with Gasteiger partial charge in [-0.3, -0.25) is 0 Å². The van der Waals surface area contributed by atoms with Crippen LogP contribution in [0.3, 0.4) is 0 Å². The molecular formula is C17H19NO. The molecule has 19 heavy (non-hydrogen) atoms. The maximum absolute atomic E-state index is 5.21. The van der Waals surface area contributed by atoms with Crippen molar-refractivity contribution in [3.63, 3.8) is 0 Å². The summed E-state index contributed by atoms with van der Waals surface area (Å²) in [4.78, 5) is 0. The Labute approximate surface area is 114 Å². The van der Waals surface area contributed by atoms with E-state index < -0.39 is 0 Å². The molecule has 0 bridgehead atoms. The number of benzene rings is 2. The highest BCUT2D eigenvalue weighted by Crippen LogP contribution is 2.33. The highest BCUT2D eigenvalue weighted by Gasteiger charge is 2.19. The van der Waals surface area contributed by atoms with Crippen molar-refractivity contribution in [1.82, 2.24) is 0 Å². The van der Waals surface area contributed by atoms with Crippen LogP contribution >= 0.6 is 0 Å². The van der Waals surface area contributed by atoms with Gasteiger partial charge in [-0.15, -0.1) is 0 Å². The summed E-state index contributed by atoms with van der Waals surface area (Å²) in [5.41, 5.74) is 4.12. The van der Waals surface area contributed by atoms with Crippen LogP contribution in [0.1, 0.15) is 23.5 Å². The van der Waals surface area contributed by atoms with Crippen molar-refractivity contribution < 1.29 is 4.74 Å². The van der Waals surface area contributed by atoms with E-state index in [2.05, 4.69) is 41.7 Å². The van der Waals surface area contributed by atoms with E-state index in [4.69, 9.17) is 4.74 Å². The van der Waals surface area contributed by atoms with Gasteiger partial charge in [0.15, 0.2) is 0 Å². The lowest BCUT2D eigenvalue weighted by Crippen LogP contribution is -2.18. The summed E-state index contributed by atoms with van der Waals surface area (Å²) in [5.74, 6) is 1.54. The van der Waals surface area contributed by atoms with Gasteiger partial charge in [0, 0.05) is 12.2 Å². The van der Waals surface area contributed by atoms with E-state index in [9.17, 15) is 0 Å². The maximum Gasteiger partial charge on any atom is 0.118 e. The summed E-state index contributed by atoms with van der Waals surface area (Å²) in [6.07, 6.45) is 2.30. The lowest BCUT2D eigenvalue weighted by Gasteiger charge is -2.26. The molecule has 0 saturated carbocycles. The van der Waals surface area contributed by atoms with E-state index in [-0.39, 0.29) is 0 Å². The van der Waals surface area contributed by atoms with Crippen LogP contribution in [0.4, 0.5) is 5.69 Å². The molecule has 1 aliphatic rings. The number of ether oxygens (including phenoxy) is 1. The van der Waals surface area contributed by atoms with E-state index in [1.807, 2.05) is 12.1 Å². The second kappa shape index (κ2) is 5.35. The van der Waals surface area contributed by atoms with E-state index in [1.165, 1.54) is 23.2 Å². The molecule has 0 amide bonds. The highest BCUT2D eigenvalue weighted by molar-refractivity contribution is 5.55. The Hall–Kier alpha value is -1.96. The fourth-order valence-corrected chi connectivity index (χ4v) is 2.81. The molecule has 2 nitrogen and oxygen atoms in total. The minimum Gasteiger partial charge on any atom is -0.497 e. The quantitative estimate of drug-likeness (QED) is 0.897. The summed E-state index contributed by atoms with van der Waals surface area (Å²) in [6, 6.07) is 17.1. The Bertz CT molecular complexity index is 547. The third-order valence-electron chi connectivity index (χ3n) is 3.85. The second-order valence-electron chi connectivity index (χ2n) is 5.05. The zero-order valence-electron chi connectivity index (χ0n) is 11.2. The summed E-state index contributed by atoms with van der Waals surface area (Å²) in [6.45, 7) is 1.07. The van der Waals surface area contributed by atoms with Gasteiger partial charge in [-0.2, -0.15) is 0 Å². The van der Waals surface area contributed by atoms with Crippen LogP contribution in [-0.4, -0.2) is 13.7 Å². The first-order valence-electron chi connectivity index (χ1n) is 6.82. The van der Waals surface area contributed by atoms with Crippen molar-refractivity contribution in [2.45, 2.75) is 18.8 Å². The molecule has 2 aromatic carbocycles. The summed E-state index contributed by atoms with van der Waals surface area (Å²) >= 11 is 0. The fraction of sp³-hybridized carbons (Fsp3) is 0.294. The monoisotopic (exact) mass is 253 g/mol. The fourth-order valence-electron chi connectivity index (χ4n) is 2.81. The number of fused-ring (bicyclic) bond motifs is 1. The van der Waals surface area contributed by atoms with Gasteiger partial charge in [0.2, 0.25) is 0 Å². The van der Waals surface area contributed by atoms with Gasteiger partial charge in [-0.25, -0.2) is 0 Å². The first kappa shape index (κ1) is 12.1. The minimum absolute atomic E-state index is 0.617. The van der Waals surface area contributed by atoms with Gasteiger partial charge in [0.25, 0.3) is 0 Å². The molecule has 0 spiro atoms. The normalized spacial score (nSPS) is 17.4. The Balaban J connectivity index is 1.80. The average molecular weight is 253 g/mol. The SMILES string of the molecule is COc1ccc(CC2CCNc3ccccc32)cc1. The number of hydrogen-bond acceptors (Lipinski definition) is 2. The Morgan fingerprint density at radius 3 is 2.68 bits per heavy atom. The lowest BCUT2D eigenvalue weighted by atomic mass is 9.86. The molecule has 3 rings (SSSR count). The molecule has 2 aromatic rings. The largest absolute Gasteiger partial charge is 0.497 e. The van der Waals surface area contributed by atoms with Crippen molar-refractivity contribution in [3.8, 4) is 5.75 Å². The Kier molecular flexibility index (Phi) is 3.41. The summed E-state index contributed by atoms with van der Waals surface area (Å²) < 4.78 is 5.21.